The lowest BCUT2D eigenvalue weighted by atomic mass is 9.94. The highest BCUT2D eigenvalue weighted by Gasteiger charge is 2.06. The minimum Gasteiger partial charge on any atom is -0.497 e. The fraction of sp³-hybridized carbons (Fsp3) is 0.200. The van der Waals surface area contributed by atoms with Crippen LogP contribution in [0.3, 0.4) is 0 Å². The molecule has 0 aliphatic carbocycles. The predicted molar refractivity (Wildman–Crippen MR) is 92.6 cm³/mol. The first-order valence-electron chi connectivity index (χ1n) is 7.34. The van der Waals surface area contributed by atoms with E-state index in [9.17, 15) is 0 Å². The van der Waals surface area contributed by atoms with Gasteiger partial charge in [0.25, 0.3) is 0 Å². The fourth-order valence-electron chi connectivity index (χ4n) is 2.30. The Labute approximate surface area is 132 Å². The molecule has 22 heavy (non-hydrogen) atoms. The molecule has 2 aromatic carbocycles. The molecule has 2 aromatic rings. The van der Waals surface area contributed by atoms with Gasteiger partial charge in [0.1, 0.15) is 11.5 Å². The van der Waals surface area contributed by atoms with Crippen LogP contribution in [0.4, 0.5) is 0 Å². The summed E-state index contributed by atoms with van der Waals surface area (Å²) in [4.78, 5) is 0. The zero-order chi connectivity index (χ0) is 15.8. The third kappa shape index (κ3) is 4.26. The zero-order valence-electron chi connectivity index (χ0n) is 13.2. The van der Waals surface area contributed by atoms with Crippen molar-refractivity contribution in [2.75, 3.05) is 14.2 Å². The van der Waals surface area contributed by atoms with Crippen LogP contribution < -0.4 is 9.47 Å². The van der Waals surface area contributed by atoms with E-state index in [1.807, 2.05) is 42.5 Å². The maximum Gasteiger partial charge on any atom is 0.118 e. The zero-order valence-corrected chi connectivity index (χ0v) is 13.2. The lowest BCUT2D eigenvalue weighted by Gasteiger charge is -2.12. The van der Waals surface area contributed by atoms with Crippen molar-refractivity contribution in [2.45, 2.75) is 12.3 Å². The molecule has 0 N–H and O–H groups in total. The van der Waals surface area contributed by atoms with Gasteiger partial charge in [-0.15, -0.1) is 6.58 Å². The van der Waals surface area contributed by atoms with Gasteiger partial charge in [0.15, 0.2) is 0 Å². The van der Waals surface area contributed by atoms with Gasteiger partial charge in [-0.3, -0.25) is 0 Å². The van der Waals surface area contributed by atoms with Crippen molar-refractivity contribution in [1.82, 2.24) is 0 Å². The monoisotopic (exact) mass is 294 g/mol. The van der Waals surface area contributed by atoms with Crippen molar-refractivity contribution in [3.05, 3.63) is 78.4 Å². The molecule has 1 unspecified atom stereocenters. The van der Waals surface area contributed by atoms with Gasteiger partial charge >= 0.3 is 0 Å². The fourth-order valence-corrected chi connectivity index (χ4v) is 2.30. The molecule has 0 aromatic heterocycles. The summed E-state index contributed by atoms with van der Waals surface area (Å²) in [6, 6.07) is 16.2. The Morgan fingerprint density at radius 1 is 0.909 bits per heavy atom. The third-order valence-corrected chi connectivity index (χ3v) is 3.60. The van der Waals surface area contributed by atoms with Gasteiger partial charge in [0.2, 0.25) is 0 Å². The molecule has 0 fully saturated rings. The van der Waals surface area contributed by atoms with Gasteiger partial charge in [0, 0.05) is 5.92 Å². The number of ether oxygens (including phenoxy) is 2. The summed E-state index contributed by atoms with van der Waals surface area (Å²) < 4.78 is 10.4. The highest BCUT2D eigenvalue weighted by molar-refractivity contribution is 5.52. The maximum atomic E-state index is 5.21. The van der Waals surface area contributed by atoms with Crippen LogP contribution in [0.25, 0.3) is 6.08 Å². The summed E-state index contributed by atoms with van der Waals surface area (Å²) in [5.41, 5.74) is 2.41. The highest BCUT2D eigenvalue weighted by Crippen LogP contribution is 2.25. The number of benzene rings is 2. The lowest BCUT2D eigenvalue weighted by molar-refractivity contribution is 0.414. The van der Waals surface area contributed by atoms with E-state index in [-0.39, 0.29) is 0 Å². The van der Waals surface area contributed by atoms with E-state index in [0.29, 0.717) is 5.92 Å². The van der Waals surface area contributed by atoms with Crippen LogP contribution in [-0.4, -0.2) is 14.2 Å². The second-order valence-electron chi connectivity index (χ2n) is 5.04. The number of hydrogen-bond donors (Lipinski definition) is 0. The molecule has 0 saturated heterocycles. The first-order valence-corrected chi connectivity index (χ1v) is 7.34. The SMILES string of the molecule is C=CCC(/C=C/c1ccc(OC)cc1)c1ccc(OC)cc1. The summed E-state index contributed by atoms with van der Waals surface area (Å²) in [5, 5.41) is 0. The normalized spacial score (nSPS) is 12.1. The van der Waals surface area contributed by atoms with Crippen molar-refractivity contribution in [3.8, 4) is 11.5 Å². The molecule has 0 saturated carbocycles. The number of hydrogen-bond acceptors (Lipinski definition) is 2. The second kappa shape index (κ2) is 8.08. The van der Waals surface area contributed by atoms with Crippen LogP contribution in [0, 0.1) is 0 Å². The summed E-state index contributed by atoms with van der Waals surface area (Å²) in [7, 11) is 3.36. The molecule has 0 bridgehead atoms. The number of allylic oxidation sites excluding steroid dienone is 2. The Hall–Kier alpha value is -2.48. The van der Waals surface area contributed by atoms with Gasteiger partial charge in [0.05, 0.1) is 14.2 Å². The summed E-state index contributed by atoms with van der Waals surface area (Å²) in [6.07, 6.45) is 7.20. The number of rotatable bonds is 7. The average molecular weight is 294 g/mol. The van der Waals surface area contributed by atoms with E-state index < -0.39 is 0 Å². The Kier molecular flexibility index (Phi) is 5.84. The van der Waals surface area contributed by atoms with Gasteiger partial charge in [-0.05, 0) is 41.8 Å². The van der Waals surface area contributed by atoms with Crippen LogP contribution in [0.2, 0.25) is 0 Å². The van der Waals surface area contributed by atoms with Crippen molar-refractivity contribution < 1.29 is 9.47 Å². The minimum atomic E-state index is 0.311. The molecule has 0 aliphatic heterocycles. The van der Waals surface area contributed by atoms with E-state index in [2.05, 4.69) is 30.9 Å². The molecule has 0 aliphatic rings. The first-order chi connectivity index (χ1) is 10.8. The molecule has 0 heterocycles. The molecule has 0 radical (unpaired) electrons. The molecular weight excluding hydrogens is 272 g/mol. The van der Waals surface area contributed by atoms with Crippen molar-refractivity contribution in [3.63, 3.8) is 0 Å². The van der Waals surface area contributed by atoms with Gasteiger partial charge in [-0.2, -0.15) is 0 Å². The maximum absolute atomic E-state index is 5.21. The molecule has 0 spiro atoms. The van der Waals surface area contributed by atoms with Crippen LogP contribution in [0.1, 0.15) is 23.5 Å². The number of methoxy groups -OCH3 is 2. The van der Waals surface area contributed by atoms with Crippen molar-refractivity contribution >= 4 is 6.08 Å². The largest absolute Gasteiger partial charge is 0.497 e. The van der Waals surface area contributed by atoms with Crippen LogP contribution in [-0.2, 0) is 0 Å². The molecule has 2 heteroatoms. The van der Waals surface area contributed by atoms with Gasteiger partial charge in [-0.1, -0.05) is 42.5 Å². The first kappa shape index (κ1) is 15.9. The average Bonchev–Trinajstić information content (AvgIpc) is 2.59. The third-order valence-electron chi connectivity index (χ3n) is 3.60. The molecule has 114 valence electrons. The molecule has 0 amide bonds. The topological polar surface area (TPSA) is 18.5 Å². The summed E-state index contributed by atoms with van der Waals surface area (Å²) in [6.45, 7) is 3.86. The Balaban J connectivity index is 2.15. The lowest BCUT2D eigenvalue weighted by Crippen LogP contribution is -1.94. The van der Waals surface area contributed by atoms with Crippen molar-refractivity contribution in [2.24, 2.45) is 0 Å². The predicted octanol–water partition coefficient (Wildman–Crippen LogP) is 5.08. The molecular formula is C20H22O2. The van der Waals surface area contributed by atoms with Gasteiger partial charge < -0.3 is 9.47 Å². The Morgan fingerprint density at radius 2 is 1.45 bits per heavy atom. The summed E-state index contributed by atoms with van der Waals surface area (Å²) in [5.74, 6) is 2.06. The van der Waals surface area contributed by atoms with E-state index >= 15 is 0 Å². The van der Waals surface area contributed by atoms with Gasteiger partial charge in [-0.25, -0.2) is 0 Å². The molecule has 2 nitrogen and oxygen atoms in total. The van der Waals surface area contributed by atoms with E-state index in [0.717, 1.165) is 23.5 Å². The minimum absolute atomic E-state index is 0.311. The van der Waals surface area contributed by atoms with E-state index in [4.69, 9.17) is 9.47 Å². The Morgan fingerprint density at radius 3 is 1.95 bits per heavy atom. The quantitative estimate of drug-likeness (QED) is 0.663. The van der Waals surface area contributed by atoms with E-state index in [1.54, 1.807) is 14.2 Å². The van der Waals surface area contributed by atoms with Crippen LogP contribution >= 0.6 is 0 Å². The molecule has 2 rings (SSSR count). The smallest absolute Gasteiger partial charge is 0.118 e. The van der Waals surface area contributed by atoms with Crippen LogP contribution in [0.5, 0.6) is 11.5 Å². The highest BCUT2D eigenvalue weighted by atomic mass is 16.5. The summed E-state index contributed by atoms with van der Waals surface area (Å²) >= 11 is 0. The Bertz CT molecular complexity index is 609. The van der Waals surface area contributed by atoms with Crippen LogP contribution in [0.15, 0.2) is 67.3 Å². The van der Waals surface area contributed by atoms with E-state index in [1.165, 1.54) is 5.56 Å². The second-order valence-corrected chi connectivity index (χ2v) is 5.04. The standard InChI is InChI=1S/C20H22O2/c1-4-5-17(18-10-14-20(22-3)15-11-18)9-6-16-7-12-19(21-2)13-8-16/h4,6-15,17H,1,5H2,2-3H3/b9-6+. The van der Waals surface area contributed by atoms with Crippen molar-refractivity contribution in [1.29, 1.82) is 0 Å². The molecule has 1 atom stereocenters.